The lowest BCUT2D eigenvalue weighted by Gasteiger charge is -2.08. The molecule has 0 saturated carbocycles. The molecule has 1 rings (SSSR count). The standard InChI is InChI=1S/C13H19N3O4/c1-8(2)6-14-11(18)4-5-16-12(19)10(9(3)17)7-15-13(16)20/h7-8H,4-6H2,1-3H3,(H,14,18)(H,15,20). The van der Waals surface area contributed by atoms with E-state index >= 15 is 0 Å². The van der Waals surface area contributed by atoms with Gasteiger partial charge in [-0.3, -0.25) is 19.0 Å². The van der Waals surface area contributed by atoms with Gasteiger partial charge in [0.25, 0.3) is 5.56 Å². The second kappa shape index (κ2) is 6.83. The number of ketones is 1. The van der Waals surface area contributed by atoms with Gasteiger partial charge >= 0.3 is 5.69 Å². The minimum Gasteiger partial charge on any atom is -0.356 e. The van der Waals surface area contributed by atoms with E-state index in [2.05, 4.69) is 10.3 Å². The number of carbonyl (C=O) groups is 2. The molecule has 0 bridgehead atoms. The van der Waals surface area contributed by atoms with E-state index in [1.54, 1.807) is 0 Å². The highest BCUT2D eigenvalue weighted by molar-refractivity contribution is 5.93. The number of nitrogens with one attached hydrogen (secondary N) is 2. The molecule has 0 aromatic carbocycles. The molecule has 0 saturated heterocycles. The van der Waals surface area contributed by atoms with Crippen LogP contribution in [0, 0.1) is 5.92 Å². The first kappa shape index (κ1) is 15.9. The van der Waals surface area contributed by atoms with E-state index in [-0.39, 0.29) is 24.4 Å². The molecule has 0 fully saturated rings. The highest BCUT2D eigenvalue weighted by Crippen LogP contribution is 1.91. The van der Waals surface area contributed by atoms with E-state index in [9.17, 15) is 19.2 Å². The Labute approximate surface area is 116 Å². The molecular formula is C13H19N3O4. The molecule has 1 aromatic rings. The van der Waals surface area contributed by atoms with Crippen molar-refractivity contribution in [3.8, 4) is 0 Å². The zero-order chi connectivity index (χ0) is 15.3. The number of aromatic nitrogens is 2. The molecule has 0 aliphatic carbocycles. The zero-order valence-corrected chi connectivity index (χ0v) is 11.9. The largest absolute Gasteiger partial charge is 0.356 e. The van der Waals surface area contributed by atoms with Gasteiger partial charge in [0.1, 0.15) is 0 Å². The van der Waals surface area contributed by atoms with Gasteiger partial charge in [0.15, 0.2) is 5.78 Å². The molecule has 2 N–H and O–H groups in total. The Morgan fingerprint density at radius 1 is 1.35 bits per heavy atom. The van der Waals surface area contributed by atoms with Crippen molar-refractivity contribution in [1.29, 1.82) is 0 Å². The van der Waals surface area contributed by atoms with Crippen molar-refractivity contribution in [3.05, 3.63) is 32.6 Å². The molecule has 0 unspecified atom stereocenters. The number of rotatable bonds is 6. The van der Waals surface area contributed by atoms with Crippen molar-refractivity contribution in [2.45, 2.75) is 33.7 Å². The molecule has 1 heterocycles. The summed E-state index contributed by atoms with van der Waals surface area (Å²) in [4.78, 5) is 48.6. The second-order valence-corrected chi connectivity index (χ2v) is 4.97. The van der Waals surface area contributed by atoms with Gasteiger partial charge in [-0.25, -0.2) is 4.79 Å². The van der Waals surface area contributed by atoms with Gasteiger partial charge in [-0.1, -0.05) is 13.8 Å². The van der Waals surface area contributed by atoms with Crippen molar-refractivity contribution < 1.29 is 9.59 Å². The SMILES string of the molecule is CC(=O)c1c[nH]c(=O)n(CCC(=O)NCC(C)C)c1=O. The van der Waals surface area contributed by atoms with E-state index in [1.807, 2.05) is 13.8 Å². The molecule has 1 amide bonds. The van der Waals surface area contributed by atoms with Crippen LogP contribution in [0.5, 0.6) is 0 Å². The van der Waals surface area contributed by atoms with Crippen LogP contribution in [0.15, 0.2) is 15.8 Å². The molecule has 110 valence electrons. The van der Waals surface area contributed by atoms with Crippen molar-refractivity contribution >= 4 is 11.7 Å². The number of Topliss-reactive ketones (excluding diaryl/α,β-unsaturated/α-hetero) is 1. The number of carbonyl (C=O) groups excluding carboxylic acids is 2. The first-order valence-corrected chi connectivity index (χ1v) is 6.43. The average molecular weight is 281 g/mol. The number of amides is 1. The predicted octanol–water partition coefficient (Wildman–Crippen LogP) is -0.0985. The summed E-state index contributed by atoms with van der Waals surface area (Å²) < 4.78 is 0.867. The van der Waals surface area contributed by atoms with Gasteiger partial charge in [0.05, 0.1) is 5.56 Å². The summed E-state index contributed by atoms with van der Waals surface area (Å²) in [6, 6.07) is 0. The molecule has 0 atom stereocenters. The number of nitrogens with zero attached hydrogens (tertiary/aromatic N) is 1. The predicted molar refractivity (Wildman–Crippen MR) is 73.8 cm³/mol. The maximum absolute atomic E-state index is 11.9. The fourth-order valence-electron chi connectivity index (χ4n) is 1.59. The first-order valence-electron chi connectivity index (χ1n) is 6.43. The highest BCUT2D eigenvalue weighted by atomic mass is 16.2. The van der Waals surface area contributed by atoms with Gasteiger partial charge in [-0.05, 0) is 12.8 Å². The molecule has 7 heteroatoms. The van der Waals surface area contributed by atoms with Gasteiger partial charge in [-0.2, -0.15) is 0 Å². The maximum atomic E-state index is 11.9. The smallest absolute Gasteiger partial charge is 0.328 e. The fraction of sp³-hybridized carbons (Fsp3) is 0.538. The quantitative estimate of drug-likeness (QED) is 0.711. The third-order valence-corrected chi connectivity index (χ3v) is 2.71. The topological polar surface area (TPSA) is 101 Å². The molecule has 0 spiro atoms. The maximum Gasteiger partial charge on any atom is 0.328 e. The summed E-state index contributed by atoms with van der Waals surface area (Å²) in [6.07, 6.45) is 1.11. The Hall–Kier alpha value is -2.18. The molecule has 0 radical (unpaired) electrons. The molecule has 1 aromatic heterocycles. The zero-order valence-electron chi connectivity index (χ0n) is 11.9. The third-order valence-electron chi connectivity index (χ3n) is 2.71. The Kier molecular flexibility index (Phi) is 5.42. The van der Waals surface area contributed by atoms with Crippen LogP contribution < -0.4 is 16.6 Å². The molecule has 7 nitrogen and oxygen atoms in total. The van der Waals surface area contributed by atoms with E-state index in [0.29, 0.717) is 12.5 Å². The van der Waals surface area contributed by atoms with Crippen LogP contribution in [0.1, 0.15) is 37.6 Å². The molecular weight excluding hydrogens is 262 g/mol. The van der Waals surface area contributed by atoms with Crippen LogP contribution in [-0.4, -0.2) is 27.8 Å². The van der Waals surface area contributed by atoms with Crippen molar-refractivity contribution in [3.63, 3.8) is 0 Å². The summed E-state index contributed by atoms with van der Waals surface area (Å²) in [5, 5.41) is 2.70. The summed E-state index contributed by atoms with van der Waals surface area (Å²) in [6.45, 7) is 5.66. The summed E-state index contributed by atoms with van der Waals surface area (Å²) >= 11 is 0. The van der Waals surface area contributed by atoms with Gasteiger partial charge in [-0.15, -0.1) is 0 Å². The number of hydrogen-bond acceptors (Lipinski definition) is 4. The number of H-pyrrole nitrogens is 1. The Morgan fingerprint density at radius 2 is 2.00 bits per heavy atom. The Balaban J connectivity index is 2.81. The lowest BCUT2D eigenvalue weighted by atomic mass is 10.2. The van der Waals surface area contributed by atoms with Crippen LogP contribution in [0.25, 0.3) is 0 Å². The van der Waals surface area contributed by atoms with Crippen LogP contribution in [0.4, 0.5) is 0 Å². The minimum atomic E-state index is -0.669. The van der Waals surface area contributed by atoms with Crippen LogP contribution in [-0.2, 0) is 11.3 Å². The summed E-state index contributed by atoms with van der Waals surface area (Å²) in [5.41, 5.74) is -1.39. The third kappa shape index (κ3) is 4.18. The lowest BCUT2D eigenvalue weighted by molar-refractivity contribution is -0.121. The van der Waals surface area contributed by atoms with Crippen molar-refractivity contribution in [1.82, 2.24) is 14.9 Å². The minimum absolute atomic E-state index is 0.0110. The fourth-order valence-corrected chi connectivity index (χ4v) is 1.59. The van der Waals surface area contributed by atoms with Crippen LogP contribution in [0.3, 0.4) is 0 Å². The summed E-state index contributed by atoms with van der Waals surface area (Å²) in [7, 11) is 0. The highest BCUT2D eigenvalue weighted by Gasteiger charge is 2.12. The lowest BCUT2D eigenvalue weighted by Crippen LogP contribution is -2.39. The van der Waals surface area contributed by atoms with Crippen molar-refractivity contribution in [2.75, 3.05) is 6.54 Å². The van der Waals surface area contributed by atoms with Crippen LogP contribution in [0.2, 0.25) is 0 Å². The Bertz CT molecular complexity index is 613. The molecule has 0 aliphatic heterocycles. The van der Waals surface area contributed by atoms with Gasteiger partial charge < -0.3 is 10.3 Å². The van der Waals surface area contributed by atoms with E-state index < -0.39 is 17.0 Å². The summed E-state index contributed by atoms with van der Waals surface area (Å²) in [5.74, 6) is -0.339. The number of hydrogen-bond donors (Lipinski definition) is 2. The molecule has 20 heavy (non-hydrogen) atoms. The first-order chi connectivity index (χ1) is 9.32. The van der Waals surface area contributed by atoms with E-state index in [4.69, 9.17) is 0 Å². The molecule has 0 aliphatic rings. The van der Waals surface area contributed by atoms with Crippen molar-refractivity contribution in [2.24, 2.45) is 5.92 Å². The van der Waals surface area contributed by atoms with E-state index in [1.165, 1.54) is 6.92 Å². The average Bonchev–Trinajstić information content (AvgIpc) is 2.35. The monoisotopic (exact) mass is 281 g/mol. The Morgan fingerprint density at radius 3 is 2.55 bits per heavy atom. The van der Waals surface area contributed by atoms with Gasteiger partial charge in [0, 0.05) is 25.7 Å². The number of aromatic amines is 1. The normalized spacial score (nSPS) is 10.6. The van der Waals surface area contributed by atoms with Gasteiger partial charge in [0.2, 0.25) is 5.91 Å². The second-order valence-electron chi connectivity index (χ2n) is 4.97. The van der Waals surface area contributed by atoms with Crippen LogP contribution >= 0.6 is 0 Å². The van der Waals surface area contributed by atoms with E-state index in [0.717, 1.165) is 10.8 Å².